The fourth-order valence-electron chi connectivity index (χ4n) is 2.72. The van der Waals surface area contributed by atoms with Gasteiger partial charge in [0, 0.05) is 11.5 Å². The summed E-state index contributed by atoms with van der Waals surface area (Å²) in [4.78, 5) is 11.2. The average molecular weight is 287 g/mol. The second kappa shape index (κ2) is 5.55. The summed E-state index contributed by atoms with van der Waals surface area (Å²) in [7, 11) is 0. The van der Waals surface area contributed by atoms with Crippen LogP contribution in [0, 0.1) is 0 Å². The van der Waals surface area contributed by atoms with Gasteiger partial charge in [0.2, 0.25) is 0 Å². The Bertz CT molecular complexity index is 666. The highest BCUT2D eigenvalue weighted by molar-refractivity contribution is 5.86. The van der Waals surface area contributed by atoms with Crippen LogP contribution in [0.3, 0.4) is 0 Å². The van der Waals surface area contributed by atoms with E-state index in [1.54, 1.807) is 4.68 Å². The maximum atomic E-state index is 11.2. The van der Waals surface area contributed by atoms with Crippen molar-refractivity contribution in [3.63, 3.8) is 0 Å². The Hall–Kier alpha value is -2.37. The molecule has 6 heteroatoms. The summed E-state index contributed by atoms with van der Waals surface area (Å²) >= 11 is 0. The van der Waals surface area contributed by atoms with Crippen LogP contribution in [0.1, 0.15) is 41.0 Å². The van der Waals surface area contributed by atoms with E-state index in [9.17, 15) is 9.90 Å². The molecule has 0 bridgehead atoms. The number of hydrogen-bond acceptors (Lipinski definition) is 4. The third-order valence-corrected chi connectivity index (χ3v) is 3.72. The van der Waals surface area contributed by atoms with Crippen LogP contribution in [0.25, 0.3) is 0 Å². The lowest BCUT2D eigenvalue weighted by Gasteiger charge is -2.11. The summed E-state index contributed by atoms with van der Waals surface area (Å²) in [6.45, 7) is 3.19. The second-order valence-electron chi connectivity index (χ2n) is 5.17. The zero-order valence-electron chi connectivity index (χ0n) is 11.8. The Morgan fingerprint density at radius 2 is 2.29 bits per heavy atom. The van der Waals surface area contributed by atoms with Gasteiger partial charge in [-0.25, -0.2) is 9.48 Å². The van der Waals surface area contributed by atoms with Gasteiger partial charge in [-0.1, -0.05) is 36.8 Å². The highest BCUT2D eigenvalue weighted by Crippen LogP contribution is 2.34. The fourth-order valence-corrected chi connectivity index (χ4v) is 2.72. The van der Waals surface area contributed by atoms with Gasteiger partial charge in [0.05, 0.1) is 18.8 Å². The number of rotatable bonds is 5. The maximum Gasteiger partial charge on any atom is 0.358 e. The molecule has 0 saturated heterocycles. The minimum Gasteiger partial charge on any atom is -0.493 e. The Morgan fingerprint density at radius 3 is 3.05 bits per heavy atom. The van der Waals surface area contributed by atoms with E-state index in [4.69, 9.17) is 4.74 Å². The molecule has 6 nitrogen and oxygen atoms in total. The van der Waals surface area contributed by atoms with Crippen LogP contribution in [0.5, 0.6) is 5.75 Å². The number of nitrogens with zero attached hydrogens (tertiary/aromatic N) is 3. The van der Waals surface area contributed by atoms with Gasteiger partial charge in [0.15, 0.2) is 5.69 Å². The van der Waals surface area contributed by atoms with Crippen molar-refractivity contribution in [3.8, 4) is 5.75 Å². The van der Waals surface area contributed by atoms with E-state index < -0.39 is 5.97 Å². The van der Waals surface area contributed by atoms with Gasteiger partial charge in [-0.2, -0.15) is 0 Å². The van der Waals surface area contributed by atoms with Crippen molar-refractivity contribution in [3.05, 3.63) is 41.2 Å². The van der Waals surface area contributed by atoms with E-state index in [0.29, 0.717) is 25.3 Å². The van der Waals surface area contributed by atoms with Gasteiger partial charge in [-0.15, -0.1) is 5.10 Å². The summed E-state index contributed by atoms with van der Waals surface area (Å²) in [5, 5.41) is 17.0. The Labute approximate surface area is 122 Å². The Morgan fingerprint density at radius 1 is 1.48 bits per heavy atom. The second-order valence-corrected chi connectivity index (χ2v) is 5.17. The molecule has 1 aromatic heterocycles. The van der Waals surface area contributed by atoms with Crippen molar-refractivity contribution in [1.82, 2.24) is 15.0 Å². The van der Waals surface area contributed by atoms with Crippen molar-refractivity contribution in [2.24, 2.45) is 0 Å². The van der Waals surface area contributed by atoms with Gasteiger partial charge in [-0.3, -0.25) is 0 Å². The Balaban J connectivity index is 1.87. The first-order chi connectivity index (χ1) is 10.2. The summed E-state index contributed by atoms with van der Waals surface area (Å²) in [6.07, 6.45) is 1.51. The minimum absolute atomic E-state index is 0.0593. The molecule has 0 amide bonds. The van der Waals surface area contributed by atoms with E-state index in [1.807, 2.05) is 31.2 Å². The molecule has 1 aliphatic rings. The molecule has 0 aliphatic carbocycles. The highest BCUT2D eigenvalue weighted by atomic mass is 16.5. The van der Waals surface area contributed by atoms with Gasteiger partial charge in [-0.05, 0) is 12.5 Å². The van der Waals surface area contributed by atoms with Crippen molar-refractivity contribution in [2.45, 2.75) is 32.2 Å². The summed E-state index contributed by atoms with van der Waals surface area (Å²) < 4.78 is 7.37. The highest BCUT2D eigenvalue weighted by Gasteiger charge is 2.26. The lowest BCUT2D eigenvalue weighted by Crippen LogP contribution is -2.15. The standard InChI is InChI=1S/C15H17N3O3/c1-2-5-12-14(15(19)20)16-17-18(12)8-10-9-21-13-7-4-3-6-11(10)13/h3-4,6-7,10H,2,5,8-9H2,1H3,(H,19,20). The molecule has 0 fully saturated rings. The normalized spacial score (nSPS) is 16.5. The van der Waals surface area contributed by atoms with Gasteiger partial charge < -0.3 is 9.84 Å². The lowest BCUT2D eigenvalue weighted by molar-refractivity contribution is 0.0689. The van der Waals surface area contributed by atoms with Crippen molar-refractivity contribution >= 4 is 5.97 Å². The van der Waals surface area contributed by atoms with Crippen LogP contribution in [0.2, 0.25) is 0 Å². The number of benzene rings is 1. The number of hydrogen-bond donors (Lipinski definition) is 1. The third-order valence-electron chi connectivity index (χ3n) is 3.72. The van der Waals surface area contributed by atoms with Crippen LogP contribution in [-0.4, -0.2) is 32.7 Å². The molecule has 1 atom stereocenters. The first kappa shape index (κ1) is 13.6. The summed E-state index contributed by atoms with van der Waals surface area (Å²) in [5.74, 6) is 0.0611. The maximum absolute atomic E-state index is 11.2. The molecule has 1 unspecified atom stereocenters. The van der Waals surface area contributed by atoms with Gasteiger partial charge in [0.1, 0.15) is 5.75 Å². The predicted octanol–water partition coefficient (Wildman–Crippen LogP) is 2.11. The summed E-state index contributed by atoms with van der Waals surface area (Å²) in [6, 6.07) is 7.92. The smallest absolute Gasteiger partial charge is 0.358 e. The summed E-state index contributed by atoms with van der Waals surface area (Å²) in [5.41, 5.74) is 1.89. The van der Waals surface area contributed by atoms with Crippen molar-refractivity contribution in [1.29, 1.82) is 0 Å². The molecule has 2 aromatic rings. The van der Waals surface area contributed by atoms with E-state index >= 15 is 0 Å². The van der Waals surface area contributed by atoms with E-state index in [-0.39, 0.29) is 11.6 Å². The fraction of sp³-hybridized carbons (Fsp3) is 0.400. The number of fused-ring (bicyclic) bond motifs is 1. The first-order valence-electron chi connectivity index (χ1n) is 7.08. The molecule has 1 aromatic carbocycles. The van der Waals surface area contributed by atoms with Crippen LogP contribution >= 0.6 is 0 Å². The molecule has 3 rings (SSSR count). The number of aromatic carboxylic acids is 1. The molecule has 1 aliphatic heterocycles. The quantitative estimate of drug-likeness (QED) is 0.911. The lowest BCUT2D eigenvalue weighted by atomic mass is 10.0. The van der Waals surface area contributed by atoms with Crippen molar-refractivity contribution in [2.75, 3.05) is 6.61 Å². The topological polar surface area (TPSA) is 77.2 Å². The zero-order chi connectivity index (χ0) is 14.8. The number of aromatic nitrogens is 3. The number of carboxylic acids is 1. The molecule has 0 saturated carbocycles. The molecule has 21 heavy (non-hydrogen) atoms. The number of carbonyl (C=O) groups is 1. The Kier molecular flexibility index (Phi) is 3.60. The van der Waals surface area contributed by atoms with Crippen LogP contribution < -0.4 is 4.74 Å². The van der Waals surface area contributed by atoms with Crippen LogP contribution in [-0.2, 0) is 13.0 Å². The van der Waals surface area contributed by atoms with Gasteiger partial charge >= 0.3 is 5.97 Å². The van der Waals surface area contributed by atoms with Crippen LogP contribution in [0.4, 0.5) is 0 Å². The number of carboxylic acid groups (broad SMARTS) is 1. The minimum atomic E-state index is -1.02. The molecule has 110 valence electrons. The molecule has 0 spiro atoms. The van der Waals surface area contributed by atoms with E-state index in [1.165, 1.54) is 0 Å². The zero-order valence-corrected chi connectivity index (χ0v) is 11.8. The SMILES string of the molecule is CCCc1c(C(=O)O)nnn1CC1COc2ccccc21. The van der Waals surface area contributed by atoms with E-state index in [0.717, 1.165) is 17.7 Å². The number of ether oxygens (including phenoxy) is 1. The first-order valence-corrected chi connectivity index (χ1v) is 7.08. The predicted molar refractivity (Wildman–Crippen MR) is 75.7 cm³/mol. The molecule has 1 N–H and O–H groups in total. The largest absolute Gasteiger partial charge is 0.493 e. The van der Waals surface area contributed by atoms with Gasteiger partial charge in [0.25, 0.3) is 0 Å². The molecular formula is C15H17N3O3. The van der Waals surface area contributed by atoms with E-state index in [2.05, 4.69) is 10.3 Å². The van der Waals surface area contributed by atoms with Crippen LogP contribution in [0.15, 0.2) is 24.3 Å². The van der Waals surface area contributed by atoms with Crippen molar-refractivity contribution < 1.29 is 14.6 Å². The average Bonchev–Trinajstić information content (AvgIpc) is 3.06. The third kappa shape index (κ3) is 2.49. The molecule has 0 radical (unpaired) electrons. The molecular weight excluding hydrogens is 270 g/mol. The molecule has 2 heterocycles. The monoisotopic (exact) mass is 287 g/mol. The number of para-hydroxylation sites is 1.